The summed E-state index contributed by atoms with van der Waals surface area (Å²) in [6.07, 6.45) is 2.64. The first-order valence-corrected chi connectivity index (χ1v) is 7.91. The fourth-order valence-electron chi connectivity index (χ4n) is 2.65. The molecule has 0 aromatic rings. The largest absolute Gasteiger partial charge is 0.351 e. The van der Waals surface area contributed by atoms with Gasteiger partial charge in [-0.1, -0.05) is 41.0 Å². The Morgan fingerprint density at radius 2 is 1.85 bits per heavy atom. The molecule has 0 radical (unpaired) electrons. The quantitative estimate of drug-likeness (QED) is 0.842. The van der Waals surface area contributed by atoms with Crippen molar-refractivity contribution < 1.29 is 9.59 Å². The summed E-state index contributed by atoms with van der Waals surface area (Å²) in [4.78, 5) is 26.0. The molecule has 116 valence electrons. The van der Waals surface area contributed by atoms with Gasteiger partial charge in [0, 0.05) is 31.5 Å². The lowest BCUT2D eigenvalue weighted by molar-refractivity contribution is -0.135. The van der Waals surface area contributed by atoms with Crippen LogP contribution in [-0.4, -0.2) is 35.8 Å². The average molecular weight is 282 g/mol. The molecule has 0 aromatic heterocycles. The maximum atomic E-state index is 12.2. The van der Waals surface area contributed by atoms with E-state index in [0.717, 1.165) is 19.4 Å². The number of nitrogens with zero attached hydrogens (tertiary/aromatic N) is 1. The molecule has 1 aliphatic heterocycles. The standard InChI is InChI=1S/C16H30N2O2/c1-6-13-8-14(17-16(20)12(4)5)10-18(9-13)15(19)7-11(2)3/h11-14H,6-10H2,1-5H3,(H,17,20). The van der Waals surface area contributed by atoms with Gasteiger partial charge in [-0.3, -0.25) is 9.59 Å². The number of carbonyl (C=O) groups excluding carboxylic acids is 2. The number of likely N-dealkylation sites (tertiary alicyclic amines) is 1. The van der Waals surface area contributed by atoms with Gasteiger partial charge in [0.05, 0.1) is 0 Å². The highest BCUT2D eigenvalue weighted by Crippen LogP contribution is 2.21. The van der Waals surface area contributed by atoms with Gasteiger partial charge in [0.15, 0.2) is 0 Å². The SMILES string of the molecule is CCC1CC(NC(=O)C(C)C)CN(C(=O)CC(C)C)C1. The van der Waals surface area contributed by atoms with Gasteiger partial charge in [0.25, 0.3) is 0 Å². The first kappa shape index (κ1) is 17.0. The van der Waals surface area contributed by atoms with E-state index >= 15 is 0 Å². The van der Waals surface area contributed by atoms with Crippen LogP contribution in [0.1, 0.15) is 53.9 Å². The van der Waals surface area contributed by atoms with E-state index in [4.69, 9.17) is 0 Å². The van der Waals surface area contributed by atoms with Gasteiger partial charge < -0.3 is 10.2 Å². The Kier molecular flexibility index (Phi) is 6.50. The highest BCUT2D eigenvalue weighted by molar-refractivity contribution is 5.79. The molecule has 2 atom stereocenters. The van der Waals surface area contributed by atoms with Crippen molar-refractivity contribution in [2.24, 2.45) is 17.8 Å². The summed E-state index contributed by atoms with van der Waals surface area (Å²) in [5.74, 6) is 1.19. The van der Waals surface area contributed by atoms with E-state index in [1.165, 1.54) is 0 Å². The van der Waals surface area contributed by atoms with Crippen LogP contribution in [0, 0.1) is 17.8 Å². The minimum absolute atomic E-state index is 0.00295. The zero-order chi connectivity index (χ0) is 15.3. The molecule has 0 aliphatic carbocycles. The smallest absolute Gasteiger partial charge is 0.222 e. The summed E-state index contributed by atoms with van der Waals surface area (Å²) in [5.41, 5.74) is 0. The zero-order valence-corrected chi connectivity index (χ0v) is 13.6. The fraction of sp³-hybridized carbons (Fsp3) is 0.875. The molecule has 1 N–H and O–H groups in total. The number of rotatable bonds is 5. The second-order valence-corrected chi connectivity index (χ2v) is 6.77. The normalized spacial score (nSPS) is 23.2. The molecule has 1 heterocycles. The van der Waals surface area contributed by atoms with Crippen LogP contribution in [0.3, 0.4) is 0 Å². The Bertz CT molecular complexity index is 339. The molecule has 0 aromatic carbocycles. The summed E-state index contributed by atoms with van der Waals surface area (Å²) in [5, 5.41) is 3.09. The maximum Gasteiger partial charge on any atom is 0.222 e. The van der Waals surface area contributed by atoms with Crippen molar-refractivity contribution in [2.45, 2.75) is 59.9 Å². The van der Waals surface area contributed by atoms with Gasteiger partial charge in [-0.05, 0) is 18.3 Å². The molecule has 0 saturated carbocycles. The average Bonchev–Trinajstić information content (AvgIpc) is 2.37. The van der Waals surface area contributed by atoms with E-state index in [9.17, 15) is 9.59 Å². The van der Waals surface area contributed by atoms with Gasteiger partial charge in [-0.25, -0.2) is 0 Å². The van der Waals surface area contributed by atoms with Crippen molar-refractivity contribution in [3.8, 4) is 0 Å². The Morgan fingerprint density at radius 1 is 1.20 bits per heavy atom. The van der Waals surface area contributed by atoms with Gasteiger partial charge in [0.1, 0.15) is 0 Å². The van der Waals surface area contributed by atoms with Crippen LogP contribution in [0.4, 0.5) is 0 Å². The van der Waals surface area contributed by atoms with Crippen LogP contribution in [0.2, 0.25) is 0 Å². The molecule has 20 heavy (non-hydrogen) atoms. The molecule has 1 saturated heterocycles. The molecule has 2 amide bonds. The van der Waals surface area contributed by atoms with Crippen molar-refractivity contribution in [1.82, 2.24) is 10.2 Å². The molecule has 4 heteroatoms. The second-order valence-electron chi connectivity index (χ2n) is 6.77. The number of carbonyl (C=O) groups is 2. The predicted octanol–water partition coefficient (Wildman–Crippen LogP) is 2.43. The number of nitrogens with one attached hydrogen (secondary N) is 1. The lowest BCUT2D eigenvalue weighted by Crippen LogP contribution is -2.53. The Balaban J connectivity index is 2.64. The van der Waals surface area contributed by atoms with Gasteiger partial charge in [-0.15, -0.1) is 0 Å². The first-order valence-electron chi connectivity index (χ1n) is 7.91. The summed E-state index contributed by atoms with van der Waals surface area (Å²) in [7, 11) is 0. The Labute approximate surface area is 123 Å². The van der Waals surface area contributed by atoms with Crippen LogP contribution >= 0.6 is 0 Å². The molecule has 0 bridgehead atoms. The van der Waals surface area contributed by atoms with E-state index in [-0.39, 0.29) is 23.8 Å². The Hall–Kier alpha value is -1.06. The van der Waals surface area contributed by atoms with Crippen LogP contribution in [0.5, 0.6) is 0 Å². The number of hydrogen-bond donors (Lipinski definition) is 1. The van der Waals surface area contributed by atoms with Crippen LogP contribution in [-0.2, 0) is 9.59 Å². The van der Waals surface area contributed by atoms with Crippen LogP contribution in [0.25, 0.3) is 0 Å². The molecular weight excluding hydrogens is 252 g/mol. The van der Waals surface area contributed by atoms with Crippen molar-refractivity contribution in [3.05, 3.63) is 0 Å². The van der Waals surface area contributed by atoms with Gasteiger partial charge in [-0.2, -0.15) is 0 Å². The summed E-state index contributed by atoms with van der Waals surface area (Å²) in [6.45, 7) is 11.6. The summed E-state index contributed by atoms with van der Waals surface area (Å²) in [6, 6.07) is 0.111. The topological polar surface area (TPSA) is 49.4 Å². The monoisotopic (exact) mass is 282 g/mol. The number of hydrogen-bond acceptors (Lipinski definition) is 2. The fourth-order valence-corrected chi connectivity index (χ4v) is 2.65. The van der Waals surface area contributed by atoms with Crippen LogP contribution in [0.15, 0.2) is 0 Å². The summed E-state index contributed by atoms with van der Waals surface area (Å²) < 4.78 is 0. The molecule has 0 spiro atoms. The van der Waals surface area contributed by atoms with Gasteiger partial charge in [0.2, 0.25) is 11.8 Å². The van der Waals surface area contributed by atoms with Crippen LogP contribution < -0.4 is 5.32 Å². The molecular formula is C16H30N2O2. The first-order chi connectivity index (χ1) is 9.33. The minimum Gasteiger partial charge on any atom is -0.351 e. The zero-order valence-electron chi connectivity index (χ0n) is 13.6. The number of amides is 2. The number of piperidine rings is 1. The van der Waals surface area contributed by atoms with Crippen molar-refractivity contribution in [3.63, 3.8) is 0 Å². The third kappa shape index (κ3) is 5.14. The second kappa shape index (κ2) is 7.65. The molecule has 1 rings (SSSR count). The third-order valence-corrected chi connectivity index (χ3v) is 3.92. The predicted molar refractivity (Wildman–Crippen MR) is 81.2 cm³/mol. The van der Waals surface area contributed by atoms with E-state index in [1.807, 2.05) is 18.7 Å². The van der Waals surface area contributed by atoms with Gasteiger partial charge >= 0.3 is 0 Å². The van der Waals surface area contributed by atoms with Crippen molar-refractivity contribution in [2.75, 3.05) is 13.1 Å². The van der Waals surface area contributed by atoms with E-state index in [0.29, 0.717) is 24.8 Å². The van der Waals surface area contributed by atoms with E-state index in [1.54, 1.807) is 0 Å². The molecule has 4 nitrogen and oxygen atoms in total. The maximum absolute atomic E-state index is 12.2. The molecule has 1 aliphatic rings. The van der Waals surface area contributed by atoms with E-state index in [2.05, 4.69) is 26.1 Å². The van der Waals surface area contributed by atoms with Crippen molar-refractivity contribution in [1.29, 1.82) is 0 Å². The third-order valence-electron chi connectivity index (χ3n) is 3.92. The van der Waals surface area contributed by atoms with E-state index < -0.39 is 0 Å². The molecule has 1 fully saturated rings. The highest BCUT2D eigenvalue weighted by Gasteiger charge is 2.30. The highest BCUT2D eigenvalue weighted by atomic mass is 16.2. The lowest BCUT2D eigenvalue weighted by Gasteiger charge is -2.38. The lowest BCUT2D eigenvalue weighted by atomic mass is 9.91. The van der Waals surface area contributed by atoms with Crippen molar-refractivity contribution >= 4 is 11.8 Å². The molecule has 2 unspecified atom stereocenters. The minimum atomic E-state index is -0.00295. The Morgan fingerprint density at radius 3 is 2.35 bits per heavy atom. The summed E-state index contributed by atoms with van der Waals surface area (Å²) >= 11 is 0.